The van der Waals surface area contributed by atoms with Crippen LogP contribution in [0.1, 0.15) is 18.0 Å². The molecule has 0 unspecified atom stereocenters. The maximum Gasteiger partial charge on any atom is 0.262 e. The van der Waals surface area contributed by atoms with Crippen LogP contribution in [0.4, 0.5) is 11.6 Å². The lowest BCUT2D eigenvalue weighted by Gasteiger charge is -2.24. The molecule has 3 aromatic rings. The largest absolute Gasteiger partial charge is 0.484 e. The lowest BCUT2D eigenvalue weighted by Crippen LogP contribution is -2.29. The first-order chi connectivity index (χ1) is 13.6. The molecule has 0 spiro atoms. The van der Waals surface area contributed by atoms with Crippen LogP contribution in [-0.4, -0.2) is 33.2 Å². The van der Waals surface area contributed by atoms with E-state index >= 15 is 0 Å². The number of halogens is 1. The average Bonchev–Trinajstić information content (AvgIpc) is 3.14. The Morgan fingerprint density at radius 2 is 2.14 bits per heavy atom. The van der Waals surface area contributed by atoms with E-state index in [0.29, 0.717) is 22.4 Å². The monoisotopic (exact) mass is 397 g/mol. The van der Waals surface area contributed by atoms with Gasteiger partial charge in [-0.25, -0.2) is 4.68 Å². The summed E-state index contributed by atoms with van der Waals surface area (Å²) in [7, 11) is 0. The van der Waals surface area contributed by atoms with Crippen molar-refractivity contribution in [3.8, 4) is 5.75 Å². The zero-order chi connectivity index (χ0) is 19.5. The first-order valence-electron chi connectivity index (χ1n) is 8.56. The third-order valence-corrected chi connectivity index (χ3v) is 4.45. The number of nitrogens with zero attached hydrogens (tertiary/aromatic N) is 3. The fraction of sp³-hybridized carbons (Fsp3) is 0.158. The van der Waals surface area contributed by atoms with Crippen LogP contribution in [0.5, 0.6) is 5.75 Å². The topological polar surface area (TPSA) is 98.1 Å². The van der Waals surface area contributed by atoms with Crippen molar-refractivity contribution in [2.75, 3.05) is 17.2 Å². The molecule has 9 heteroatoms. The number of ether oxygens (including phenoxy) is 1. The first kappa shape index (κ1) is 18.0. The number of rotatable bonds is 5. The summed E-state index contributed by atoms with van der Waals surface area (Å²) < 4.78 is 7.27. The van der Waals surface area contributed by atoms with Crippen LogP contribution in [0.25, 0.3) is 0 Å². The molecule has 0 saturated carbocycles. The van der Waals surface area contributed by atoms with Crippen molar-refractivity contribution in [1.82, 2.24) is 14.8 Å². The van der Waals surface area contributed by atoms with Gasteiger partial charge in [0.1, 0.15) is 12.1 Å². The Labute approximate surface area is 165 Å². The molecule has 0 bridgehead atoms. The smallest absolute Gasteiger partial charge is 0.262 e. The fourth-order valence-electron chi connectivity index (χ4n) is 2.99. The number of nitrogens with one attached hydrogen (secondary N) is 2. The summed E-state index contributed by atoms with van der Waals surface area (Å²) in [4.78, 5) is 28.1. The number of fused-ring (bicyclic) bond motifs is 1. The Kier molecular flexibility index (Phi) is 4.94. The van der Waals surface area contributed by atoms with Crippen molar-refractivity contribution in [1.29, 1.82) is 0 Å². The standard InChI is InChI=1S/C19H16ClN5O3/c20-13-4-2-5-14(8-13)23-18(27)10-28-15-6-1-3-12(7-15)16-9-17(26)24-19-21-11-22-25(16)19/h1-8,11,16H,9-10H2,(H,23,27)(H,21,22,24,26)/t16-/m1/s1. The van der Waals surface area contributed by atoms with E-state index in [2.05, 4.69) is 20.7 Å². The number of aromatic nitrogens is 3. The predicted molar refractivity (Wildman–Crippen MR) is 103 cm³/mol. The van der Waals surface area contributed by atoms with Gasteiger partial charge in [0.2, 0.25) is 11.9 Å². The SMILES string of the molecule is O=C(COc1cccc([C@H]2CC(=O)Nc3ncnn32)c1)Nc1cccc(Cl)c1. The van der Waals surface area contributed by atoms with Gasteiger partial charge in [-0.1, -0.05) is 29.8 Å². The Morgan fingerprint density at radius 3 is 3.00 bits per heavy atom. The lowest BCUT2D eigenvalue weighted by molar-refractivity contribution is -0.118. The van der Waals surface area contributed by atoms with Crippen molar-refractivity contribution in [3.05, 3.63) is 65.4 Å². The zero-order valence-electron chi connectivity index (χ0n) is 14.6. The van der Waals surface area contributed by atoms with Crippen LogP contribution in [0.3, 0.4) is 0 Å². The van der Waals surface area contributed by atoms with Crippen LogP contribution in [0.2, 0.25) is 5.02 Å². The molecule has 28 heavy (non-hydrogen) atoms. The van der Waals surface area contributed by atoms with Crippen molar-refractivity contribution >= 4 is 35.1 Å². The highest BCUT2D eigenvalue weighted by molar-refractivity contribution is 6.30. The maximum absolute atomic E-state index is 12.1. The Balaban J connectivity index is 1.43. The molecule has 0 aliphatic carbocycles. The molecule has 1 aliphatic rings. The number of benzene rings is 2. The molecular weight excluding hydrogens is 382 g/mol. The van der Waals surface area contributed by atoms with Gasteiger partial charge in [-0.3, -0.25) is 14.9 Å². The second-order valence-corrected chi connectivity index (χ2v) is 6.65. The third-order valence-electron chi connectivity index (χ3n) is 4.22. The molecule has 1 aliphatic heterocycles. The molecule has 0 radical (unpaired) electrons. The lowest BCUT2D eigenvalue weighted by atomic mass is 10.0. The molecule has 0 fully saturated rings. The molecule has 2 amide bonds. The van der Waals surface area contributed by atoms with Gasteiger partial charge in [0, 0.05) is 10.7 Å². The van der Waals surface area contributed by atoms with Gasteiger partial charge in [0.05, 0.1) is 12.5 Å². The quantitative estimate of drug-likeness (QED) is 0.689. The fourth-order valence-corrected chi connectivity index (χ4v) is 3.18. The van der Waals surface area contributed by atoms with Crippen LogP contribution in [0.15, 0.2) is 54.9 Å². The molecule has 1 atom stereocenters. The summed E-state index contributed by atoms with van der Waals surface area (Å²) in [5.41, 5.74) is 1.44. The highest BCUT2D eigenvalue weighted by atomic mass is 35.5. The number of anilines is 2. The van der Waals surface area contributed by atoms with Gasteiger partial charge in [0.25, 0.3) is 5.91 Å². The minimum Gasteiger partial charge on any atom is -0.484 e. The summed E-state index contributed by atoms with van der Waals surface area (Å²) in [6.45, 7) is -0.157. The number of carbonyl (C=O) groups is 2. The van der Waals surface area contributed by atoms with Crippen LogP contribution in [-0.2, 0) is 9.59 Å². The Morgan fingerprint density at radius 1 is 1.29 bits per heavy atom. The van der Waals surface area contributed by atoms with E-state index in [0.717, 1.165) is 5.56 Å². The van der Waals surface area contributed by atoms with Gasteiger partial charge in [0.15, 0.2) is 6.61 Å². The minimum absolute atomic E-state index is 0.127. The van der Waals surface area contributed by atoms with Gasteiger partial charge >= 0.3 is 0 Å². The molecule has 142 valence electrons. The van der Waals surface area contributed by atoms with Gasteiger partial charge in [-0.05, 0) is 35.9 Å². The highest BCUT2D eigenvalue weighted by Gasteiger charge is 2.27. The van der Waals surface area contributed by atoms with E-state index < -0.39 is 0 Å². The van der Waals surface area contributed by atoms with Crippen LogP contribution < -0.4 is 15.4 Å². The predicted octanol–water partition coefficient (Wildman–Crippen LogP) is 2.88. The number of amides is 2. The molecule has 2 N–H and O–H groups in total. The number of carbonyl (C=O) groups excluding carboxylic acids is 2. The number of hydrogen-bond donors (Lipinski definition) is 2. The summed E-state index contributed by atoms with van der Waals surface area (Å²) in [6, 6.07) is 13.8. The van der Waals surface area contributed by atoms with Crippen LogP contribution >= 0.6 is 11.6 Å². The van der Waals surface area contributed by atoms with E-state index in [1.54, 1.807) is 41.1 Å². The molecular formula is C19H16ClN5O3. The van der Waals surface area contributed by atoms with Gasteiger partial charge in [-0.2, -0.15) is 10.1 Å². The van der Waals surface area contributed by atoms with E-state index in [-0.39, 0.29) is 30.9 Å². The third kappa shape index (κ3) is 3.96. The van der Waals surface area contributed by atoms with E-state index in [1.807, 2.05) is 12.1 Å². The molecule has 2 aromatic carbocycles. The summed E-state index contributed by atoms with van der Waals surface area (Å²) in [5, 5.41) is 10.1. The van der Waals surface area contributed by atoms with E-state index in [1.165, 1.54) is 6.33 Å². The molecule has 8 nitrogen and oxygen atoms in total. The summed E-state index contributed by atoms with van der Waals surface area (Å²) in [5.74, 6) is 0.501. The van der Waals surface area contributed by atoms with Crippen molar-refractivity contribution in [3.63, 3.8) is 0 Å². The average molecular weight is 398 g/mol. The summed E-state index contributed by atoms with van der Waals surface area (Å²) >= 11 is 5.91. The Bertz CT molecular complexity index is 1040. The molecule has 4 rings (SSSR count). The zero-order valence-corrected chi connectivity index (χ0v) is 15.4. The van der Waals surface area contributed by atoms with Crippen molar-refractivity contribution in [2.45, 2.75) is 12.5 Å². The minimum atomic E-state index is -0.303. The van der Waals surface area contributed by atoms with E-state index in [9.17, 15) is 9.59 Å². The second-order valence-electron chi connectivity index (χ2n) is 6.22. The molecule has 1 aromatic heterocycles. The van der Waals surface area contributed by atoms with E-state index in [4.69, 9.17) is 16.3 Å². The molecule has 0 saturated heterocycles. The normalized spacial score (nSPS) is 15.5. The van der Waals surface area contributed by atoms with Gasteiger partial charge < -0.3 is 10.1 Å². The van der Waals surface area contributed by atoms with Crippen LogP contribution in [0, 0.1) is 0 Å². The van der Waals surface area contributed by atoms with Crippen molar-refractivity contribution < 1.29 is 14.3 Å². The maximum atomic E-state index is 12.1. The number of hydrogen-bond acceptors (Lipinski definition) is 5. The first-order valence-corrected chi connectivity index (χ1v) is 8.94. The van der Waals surface area contributed by atoms with Crippen molar-refractivity contribution in [2.24, 2.45) is 0 Å². The Hall–Kier alpha value is -3.39. The van der Waals surface area contributed by atoms with Gasteiger partial charge in [-0.15, -0.1) is 0 Å². The molecule has 2 heterocycles. The second kappa shape index (κ2) is 7.69. The highest BCUT2D eigenvalue weighted by Crippen LogP contribution is 2.30. The summed E-state index contributed by atoms with van der Waals surface area (Å²) in [6.07, 6.45) is 1.64.